The number of allylic oxidation sites excluding steroid dienone is 1. The Morgan fingerprint density at radius 1 is 1.18 bits per heavy atom. The van der Waals surface area contributed by atoms with E-state index < -0.39 is 11.9 Å². The summed E-state index contributed by atoms with van der Waals surface area (Å²) in [5.41, 5.74) is 1.73. The van der Waals surface area contributed by atoms with Gasteiger partial charge in [0.1, 0.15) is 22.3 Å². The molecule has 2 heterocycles. The number of fused-ring (bicyclic) bond motifs is 1. The molecule has 28 heavy (non-hydrogen) atoms. The fraction of sp³-hybridized carbons (Fsp3) is 0.158. The first-order valence-corrected chi connectivity index (χ1v) is 9.12. The third-order valence-corrected chi connectivity index (χ3v) is 4.32. The Labute approximate surface area is 171 Å². The molecule has 0 saturated carbocycles. The summed E-state index contributed by atoms with van der Waals surface area (Å²) in [5, 5.41) is 5.97. The number of aromatic nitrogens is 1. The lowest BCUT2D eigenvalue weighted by atomic mass is 10.2. The second kappa shape index (κ2) is 8.41. The molecule has 9 heteroatoms. The summed E-state index contributed by atoms with van der Waals surface area (Å²) < 4.78 is 5.13. The van der Waals surface area contributed by atoms with Crippen LogP contribution in [-0.2, 0) is 9.53 Å². The van der Waals surface area contributed by atoms with Crippen LogP contribution in [0.25, 0.3) is 0 Å². The maximum atomic E-state index is 12.8. The van der Waals surface area contributed by atoms with E-state index >= 15 is 0 Å². The minimum Gasteiger partial charge on any atom is -0.462 e. The van der Waals surface area contributed by atoms with Gasteiger partial charge in [-0.1, -0.05) is 35.3 Å². The van der Waals surface area contributed by atoms with Gasteiger partial charge in [-0.2, -0.15) is 0 Å². The fourth-order valence-electron chi connectivity index (χ4n) is 2.58. The van der Waals surface area contributed by atoms with Crippen molar-refractivity contribution in [1.29, 1.82) is 0 Å². The molecule has 3 rings (SSSR count). The summed E-state index contributed by atoms with van der Waals surface area (Å²) in [6.45, 7) is 3.56. The van der Waals surface area contributed by atoms with Gasteiger partial charge in [0.05, 0.1) is 23.0 Å². The molecular formula is C19H16Cl2N4O3. The van der Waals surface area contributed by atoms with E-state index in [-0.39, 0.29) is 33.9 Å². The van der Waals surface area contributed by atoms with Gasteiger partial charge in [0.2, 0.25) is 0 Å². The number of nitrogens with zero attached hydrogens (tertiary/aromatic N) is 2. The second-order valence-electron chi connectivity index (χ2n) is 5.74. The van der Waals surface area contributed by atoms with Crippen LogP contribution < -0.4 is 10.6 Å². The Morgan fingerprint density at radius 3 is 2.68 bits per heavy atom. The minimum atomic E-state index is -0.653. The highest BCUT2D eigenvalue weighted by molar-refractivity contribution is 6.35. The summed E-state index contributed by atoms with van der Waals surface area (Å²) in [4.78, 5) is 33.7. The average molecular weight is 419 g/mol. The van der Waals surface area contributed by atoms with E-state index in [1.165, 1.54) is 12.1 Å². The largest absolute Gasteiger partial charge is 0.462 e. The topological polar surface area (TPSA) is 92.7 Å². The van der Waals surface area contributed by atoms with Gasteiger partial charge in [0.15, 0.2) is 0 Å². The lowest BCUT2D eigenvalue weighted by molar-refractivity contribution is -0.137. The number of para-hydroxylation sites is 2. The smallest absolute Gasteiger partial charge is 0.343 e. The van der Waals surface area contributed by atoms with E-state index in [0.717, 1.165) is 0 Å². The number of hydrogen-bond acceptors (Lipinski definition) is 6. The van der Waals surface area contributed by atoms with Crippen molar-refractivity contribution in [3.63, 3.8) is 0 Å². The summed E-state index contributed by atoms with van der Waals surface area (Å²) in [7, 11) is 0. The Balaban J connectivity index is 2.06. The van der Waals surface area contributed by atoms with Crippen molar-refractivity contribution >= 4 is 52.3 Å². The van der Waals surface area contributed by atoms with Gasteiger partial charge in [-0.3, -0.25) is 4.79 Å². The molecule has 1 aliphatic heterocycles. The first-order valence-electron chi connectivity index (χ1n) is 8.37. The molecule has 0 fully saturated rings. The molecule has 0 saturated heterocycles. The van der Waals surface area contributed by atoms with E-state index in [9.17, 15) is 9.59 Å². The predicted molar refractivity (Wildman–Crippen MR) is 108 cm³/mol. The zero-order valence-electron chi connectivity index (χ0n) is 15.0. The molecule has 0 radical (unpaired) electrons. The van der Waals surface area contributed by atoms with Crippen LogP contribution in [0.3, 0.4) is 0 Å². The molecule has 7 nitrogen and oxygen atoms in total. The number of esters is 1. The third kappa shape index (κ3) is 4.16. The highest BCUT2D eigenvalue weighted by atomic mass is 35.5. The molecule has 2 aromatic rings. The summed E-state index contributed by atoms with van der Waals surface area (Å²) >= 11 is 11.9. The Bertz CT molecular complexity index is 1020. The van der Waals surface area contributed by atoms with E-state index in [1.807, 2.05) is 12.1 Å². The number of amidine groups is 1. The third-order valence-electron chi connectivity index (χ3n) is 3.81. The number of ether oxygens (including phenoxy) is 1. The van der Waals surface area contributed by atoms with Crippen LogP contribution in [0, 0.1) is 0 Å². The molecule has 144 valence electrons. The van der Waals surface area contributed by atoms with Gasteiger partial charge in [-0.05, 0) is 38.1 Å². The van der Waals surface area contributed by atoms with Crippen molar-refractivity contribution < 1.29 is 14.3 Å². The number of nitrogens with one attached hydrogen (secondary N) is 2. The Morgan fingerprint density at radius 2 is 1.93 bits per heavy atom. The molecular weight excluding hydrogens is 403 g/mol. The Hall–Kier alpha value is -2.90. The zero-order valence-corrected chi connectivity index (χ0v) is 16.6. The maximum Gasteiger partial charge on any atom is 0.343 e. The van der Waals surface area contributed by atoms with Gasteiger partial charge in [-0.15, -0.1) is 0 Å². The van der Waals surface area contributed by atoms with E-state index in [4.69, 9.17) is 27.9 Å². The molecule has 0 spiro atoms. The van der Waals surface area contributed by atoms with E-state index in [0.29, 0.717) is 17.1 Å². The number of benzene rings is 1. The molecule has 0 atom stereocenters. The summed E-state index contributed by atoms with van der Waals surface area (Å²) in [5.74, 6) is -1.25. The number of halogens is 2. The standard InChI is InChI=1S/C19H16Cl2N4O3/c1-3-28-19(27)15-10(2)22-12-6-4-5-7-13(12)23-17(15)25-18(26)16-11(20)8-9-14(21)24-16/h4-9,22H,3H2,1-2H3,(H,23,25,26). The molecule has 1 aromatic heterocycles. The highest BCUT2D eigenvalue weighted by Crippen LogP contribution is 2.30. The van der Waals surface area contributed by atoms with E-state index in [2.05, 4.69) is 20.6 Å². The maximum absolute atomic E-state index is 12.8. The van der Waals surface area contributed by atoms with Gasteiger partial charge < -0.3 is 15.4 Å². The first kappa shape index (κ1) is 19.9. The number of hydrogen-bond donors (Lipinski definition) is 2. The van der Waals surface area contributed by atoms with Crippen LogP contribution in [0.5, 0.6) is 0 Å². The predicted octanol–water partition coefficient (Wildman–Crippen LogP) is 4.11. The number of carbonyl (C=O) groups excluding carboxylic acids is 2. The van der Waals surface area contributed by atoms with Crippen LogP contribution in [0.1, 0.15) is 24.3 Å². The van der Waals surface area contributed by atoms with Gasteiger partial charge >= 0.3 is 5.97 Å². The van der Waals surface area contributed by atoms with Crippen LogP contribution in [0.4, 0.5) is 11.4 Å². The quantitative estimate of drug-likeness (QED) is 0.577. The highest BCUT2D eigenvalue weighted by Gasteiger charge is 2.27. The Kier molecular flexibility index (Phi) is 5.96. The SMILES string of the molecule is CCOC(=O)C1=C(C)Nc2ccccc2N=C1NC(=O)c1nc(Cl)ccc1Cl. The first-order chi connectivity index (χ1) is 13.4. The normalized spacial score (nSPS) is 13.1. The summed E-state index contributed by atoms with van der Waals surface area (Å²) in [6, 6.07) is 10.1. The number of rotatable bonds is 3. The number of pyridine rings is 1. The monoisotopic (exact) mass is 418 g/mol. The molecule has 1 amide bonds. The zero-order chi connectivity index (χ0) is 20.3. The molecule has 0 aliphatic carbocycles. The lowest BCUT2D eigenvalue weighted by Crippen LogP contribution is -2.36. The number of amides is 1. The van der Waals surface area contributed by atoms with Crippen molar-refractivity contribution in [3.8, 4) is 0 Å². The van der Waals surface area contributed by atoms with Crippen molar-refractivity contribution in [2.75, 3.05) is 11.9 Å². The van der Waals surface area contributed by atoms with Gasteiger partial charge in [0, 0.05) is 5.70 Å². The average Bonchev–Trinajstić information content (AvgIpc) is 2.79. The molecule has 2 N–H and O–H groups in total. The minimum absolute atomic E-state index is 0.0243. The summed E-state index contributed by atoms with van der Waals surface area (Å²) in [6.07, 6.45) is 0. The number of anilines is 1. The van der Waals surface area contributed by atoms with Gasteiger partial charge in [-0.25, -0.2) is 14.8 Å². The van der Waals surface area contributed by atoms with Crippen LogP contribution in [-0.4, -0.2) is 29.3 Å². The number of carbonyl (C=O) groups is 2. The molecule has 0 bridgehead atoms. The van der Waals surface area contributed by atoms with Crippen molar-refractivity contribution in [1.82, 2.24) is 10.3 Å². The van der Waals surface area contributed by atoms with Crippen LogP contribution in [0.15, 0.2) is 52.7 Å². The van der Waals surface area contributed by atoms with Crippen molar-refractivity contribution in [2.45, 2.75) is 13.8 Å². The molecule has 1 aromatic carbocycles. The van der Waals surface area contributed by atoms with Crippen LogP contribution >= 0.6 is 23.2 Å². The van der Waals surface area contributed by atoms with Gasteiger partial charge in [0.25, 0.3) is 5.91 Å². The van der Waals surface area contributed by atoms with E-state index in [1.54, 1.807) is 26.0 Å². The van der Waals surface area contributed by atoms with Crippen LogP contribution in [0.2, 0.25) is 10.2 Å². The van der Waals surface area contributed by atoms with Crippen molar-refractivity contribution in [2.24, 2.45) is 4.99 Å². The molecule has 1 aliphatic rings. The lowest BCUT2D eigenvalue weighted by Gasteiger charge is -2.13. The fourth-order valence-corrected chi connectivity index (χ4v) is 2.92. The molecule has 0 unspecified atom stereocenters. The van der Waals surface area contributed by atoms with Crippen molar-refractivity contribution in [3.05, 3.63) is 63.5 Å². The number of aliphatic imine (C=N–C) groups is 1. The second-order valence-corrected chi connectivity index (χ2v) is 6.54.